The number of nitrogens with zero attached hydrogens (tertiary/aromatic N) is 2. The minimum atomic E-state index is -0.0814. The fourth-order valence-corrected chi connectivity index (χ4v) is 3.04. The van der Waals surface area contributed by atoms with Crippen LogP contribution in [0.15, 0.2) is 47.3 Å². The molecular weight excluding hydrogens is 274 g/mol. The van der Waals surface area contributed by atoms with Crippen molar-refractivity contribution < 1.29 is 0 Å². The molecule has 1 unspecified atom stereocenters. The molecule has 0 aliphatic carbocycles. The Hall–Kier alpha value is -2.33. The van der Waals surface area contributed by atoms with Crippen LogP contribution in [0.3, 0.4) is 0 Å². The number of aryl methyl sites for hydroxylation is 3. The topological polar surface area (TPSA) is 52.9 Å². The molecule has 1 atom stereocenters. The van der Waals surface area contributed by atoms with Crippen molar-refractivity contribution in [1.29, 1.82) is 0 Å². The van der Waals surface area contributed by atoms with E-state index < -0.39 is 0 Å². The van der Waals surface area contributed by atoms with Gasteiger partial charge in [-0.3, -0.25) is 9.13 Å². The number of rotatable bonds is 3. The third-order valence-electron chi connectivity index (χ3n) is 4.36. The van der Waals surface area contributed by atoms with Gasteiger partial charge in [0.25, 0.3) is 0 Å². The average Bonchev–Trinajstić information content (AvgIpc) is 2.72. The molecule has 0 aliphatic rings. The molecular formula is C18H21N3O. The monoisotopic (exact) mass is 295 g/mol. The summed E-state index contributed by atoms with van der Waals surface area (Å²) < 4.78 is 3.35. The van der Waals surface area contributed by atoms with Crippen LogP contribution in [0.25, 0.3) is 11.0 Å². The Morgan fingerprint density at radius 3 is 2.27 bits per heavy atom. The molecule has 0 amide bonds. The maximum atomic E-state index is 12.1. The third-order valence-corrected chi connectivity index (χ3v) is 4.36. The molecule has 4 nitrogen and oxygen atoms in total. The van der Waals surface area contributed by atoms with Gasteiger partial charge in [-0.2, -0.15) is 0 Å². The quantitative estimate of drug-likeness (QED) is 0.807. The van der Waals surface area contributed by atoms with E-state index in [2.05, 4.69) is 31.2 Å². The van der Waals surface area contributed by atoms with Crippen LogP contribution in [-0.4, -0.2) is 9.13 Å². The van der Waals surface area contributed by atoms with Gasteiger partial charge < -0.3 is 5.73 Å². The molecule has 0 saturated heterocycles. The number of hydrogen-bond donors (Lipinski definition) is 1. The second-order valence-electron chi connectivity index (χ2n) is 5.89. The molecule has 0 saturated carbocycles. The van der Waals surface area contributed by atoms with E-state index in [0.717, 1.165) is 28.6 Å². The minimum absolute atomic E-state index is 0.0109. The van der Waals surface area contributed by atoms with E-state index in [0.29, 0.717) is 0 Å². The van der Waals surface area contributed by atoms with E-state index in [9.17, 15) is 4.79 Å². The Balaban J connectivity index is 2.05. The zero-order valence-corrected chi connectivity index (χ0v) is 13.2. The second-order valence-corrected chi connectivity index (χ2v) is 5.89. The molecule has 0 bridgehead atoms. The lowest BCUT2D eigenvalue weighted by Gasteiger charge is -2.15. The number of fused-ring (bicyclic) bond motifs is 1. The maximum Gasteiger partial charge on any atom is 0.328 e. The normalized spacial score (nSPS) is 12.7. The Bertz CT molecular complexity index is 875. The molecule has 114 valence electrons. The zero-order chi connectivity index (χ0) is 15.9. The van der Waals surface area contributed by atoms with Crippen molar-refractivity contribution in [2.45, 2.75) is 19.4 Å². The lowest BCUT2D eigenvalue weighted by atomic mass is 9.95. The summed E-state index contributed by atoms with van der Waals surface area (Å²) in [6.07, 6.45) is 0.786. The molecule has 1 aromatic heterocycles. The van der Waals surface area contributed by atoms with Crippen molar-refractivity contribution in [3.05, 3.63) is 69.6 Å². The maximum absolute atomic E-state index is 12.1. The lowest BCUT2D eigenvalue weighted by Crippen LogP contribution is -2.19. The van der Waals surface area contributed by atoms with Crippen LogP contribution in [0, 0.1) is 6.92 Å². The highest BCUT2D eigenvalue weighted by Crippen LogP contribution is 2.24. The van der Waals surface area contributed by atoms with Crippen LogP contribution in [0.4, 0.5) is 0 Å². The molecule has 0 spiro atoms. The largest absolute Gasteiger partial charge is 0.328 e. The molecule has 0 aliphatic heterocycles. The predicted molar refractivity (Wildman–Crippen MR) is 90.0 cm³/mol. The van der Waals surface area contributed by atoms with Crippen LogP contribution in [0.5, 0.6) is 0 Å². The first-order valence-corrected chi connectivity index (χ1v) is 7.44. The molecule has 4 heteroatoms. The zero-order valence-electron chi connectivity index (χ0n) is 13.2. The molecule has 0 radical (unpaired) electrons. The van der Waals surface area contributed by atoms with Gasteiger partial charge in [-0.05, 0) is 42.2 Å². The number of aromatic nitrogens is 2. The van der Waals surface area contributed by atoms with Gasteiger partial charge in [0, 0.05) is 20.1 Å². The predicted octanol–water partition coefficient (Wildman–Crippen LogP) is 2.43. The Kier molecular flexibility index (Phi) is 3.62. The van der Waals surface area contributed by atoms with Crippen molar-refractivity contribution >= 4 is 11.0 Å². The van der Waals surface area contributed by atoms with E-state index in [1.807, 2.05) is 18.2 Å². The second kappa shape index (κ2) is 5.46. The smallest absolute Gasteiger partial charge is 0.324 e. The fraction of sp³-hybridized carbons (Fsp3) is 0.278. The average molecular weight is 295 g/mol. The van der Waals surface area contributed by atoms with E-state index in [-0.39, 0.29) is 11.7 Å². The highest BCUT2D eigenvalue weighted by atomic mass is 16.1. The summed E-state index contributed by atoms with van der Waals surface area (Å²) in [5.74, 6) is 0. The van der Waals surface area contributed by atoms with Crippen molar-refractivity contribution in [3.8, 4) is 0 Å². The first-order chi connectivity index (χ1) is 10.5. The summed E-state index contributed by atoms with van der Waals surface area (Å²) in [5, 5.41) is 0. The van der Waals surface area contributed by atoms with Crippen LogP contribution in [0.2, 0.25) is 0 Å². The van der Waals surface area contributed by atoms with Gasteiger partial charge in [0.2, 0.25) is 0 Å². The van der Waals surface area contributed by atoms with Gasteiger partial charge in [-0.1, -0.05) is 30.3 Å². The fourth-order valence-electron chi connectivity index (χ4n) is 3.04. The Labute approximate surface area is 129 Å². The first-order valence-electron chi connectivity index (χ1n) is 7.44. The summed E-state index contributed by atoms with van der Waals surface area (Å²) >= 11 is 0. The molecule has 3 aromatic rings. The molecule has 2 aromatic carbocycles. The number of imidazole rings is 1. The van der Waals surface area contributed by atoms with E-state index >= 15 is 0 Å². The highest BCUT2D eigenvalue weighted by Gasteiger charge is 2.15. The standard InChI is InChI=1S/C18H21N3O/c1-12-9-16-17(21(3)18(22)20(16)2)11-14(12)15(19)10-13-7-5-4-6-8-13/h4-9,11,15H,10,19H2,1-3H3. The van der Waals surface area contributed by atoms with Crippen molar-refractivity contribution in [2.24, 2.45) is 19.8 Å². The van der Waals surface area contributed by atoms with Crippen LogP contribution in [-0.2, 0) is 20.5 Å². The summed E-state index contributed by atoms with van der Waals surface area (Å²) in [6.45, 7) is 2.05. The van der Waals surface area contributed by atoms with Crippen molar-refractivity contribution in [3.63, 3.8) is 0 Å². The SMILES string of the molecule is Cc1cc2c(cc1C(N)Cc1ccccc1)n(C)c(=O)n2C. The van der Waals surface area contributed by atoms with Gasteiger partial charge >= 0.3 is 5.69 Å². The Morgan fingerprint density at radius 2 is 1.64 bits per heavy atom. The van der Waals surface area contributed by atoms with Gasteiger partial charge in [0.1, 0.15) is 0 Å². The lowest BCUT2D eigenvalue weighted by molar-refractivity contribution is 0.717. The molecule has 1 heterocycles. The number of hydrogen-bond acceptors (Lipinski definition) is 2. The van der Waals surface area contributed by atoms with E-state index in [4.69, 9.17) is 5.73 Å². The van der Waals surface area contributed by atoms with E-state index in [1.54, 1.807) is 23.2 Å². The van der Waals surface area contributed by atoms with Crippen molar-refractivity contribution in [2.75, 3.05) is 0 Å². The van der Waals surface area contributed by atoms with Gasteiger partial charge in [-0.15, -0.1) is 0 Å². The van der Waals surface area contributed by atoms with Crippen molar-refractivity contribution in [1.82, 2.24) is 9.13 Å². The summed E-state index contributed by atoms with van der Waals surface area (Å²) in [4.78, 5) is 12.1. The van der Waals surface area contributed by atoms with E-state index in [1.165, 1.54) is 5.56 Å². The summed E-state index contributed by atoms with van der Waals surface area (Å²) in [6, 6.07) is 14.3. The summed E-state index contributed by atoms with van der Waals surface area (Å²) in [7, 11) is 3.60. The third kappa shape index (κ3) is 2.35. The minimum Gasteiger partial charge on any atom is -0.324 e. The van der Waals surface area contributed by atoms with Gasteiger partial charge in [0.15, 0.2) is 0 Å². The van der Waals surface area contributed by atoms with Gasteiger partial charge in [-0.25, -0.2) is 4.79 Å². The van der Waals surface area contributed by atoms with Crippen LogP contribution >= 0.6 is 0 Å². The molecule has 2 N–H and O–H groups in total. The molecule has 3 rings (SSSR count). The highest BCUT2D eigenvalue weighted by molar-refractivity contribution is 5.78. The molecule has 22 heavy (non-hydrogen) atoms. The summed E-state index contributed by atoms with van der Waals surface area (Å²) in [5.41, 5.74) is 11.7. The van der Waals surface area contributed by atoms with Crippen LogP contribution in [0.1, 0.15) is 22.7 Å². The van der Waals surface area contributed by atoms with Crippen LogP contribution < -0.4 is 11.4 Å². The number of benzene rings is 2. The Morgan fingerprint density at radius 1 is 1.05 bits per heavy atom. The van der Waals surface area contributed by atoms with Gasteiger partial charge in [0.05, 0.1) is 11.0 Å². The number of nitrogens with two attached hydrogens (primary N) is 1. The molecule has 0 fully saturated rings. The first kappa shape index (κ1) is 14.6.